The Morgan fingerprint density at radius 1 is 0.594 bits per heavy atom. The fourth-order valence-electron chi connectivity index (χ4n) is 4.12. The Hall–Kier alpha value is -3.45. The van der Waals surface area contributed by atoms with E-state index in [0.717, 1.165) is 28.3 Å². The van der Waals surface area contributed by atoms with Crippen molar-refractivity contribution in [1.29, 1.82) is 0 Å². The van der Waals surface area contributed by atoms with E-state index < -0.39 is 0 Å². The van der Waals surface area contributed by atoms with Crippen molar-refractivity contribution in [3.63, 3.8) is 0 Å². The first-order chi connectivity index (χ1) is 15.8. The van der Waals surface area contributed by atoms with Gasteiger partial charge < -0.3 is 0 Å². The number of allylic oxidation sites excluding steroid dienone is 1. The molecule has 0 saturated carbocycles. The van der Waals surface area contributed by atoms with E-state index in [4.69, 9.17) is 0 Å². The quantitative estimate of drug-likeness (QED) is 0.144. The van der Waals surface area contributed by atoms with Crippen LogP contribution in [0, 0.1) is 0 Å². The molecule has 0 radical (unpaired) electrons. The molecule has 0 aliphatic heterocycles. The molecule has 0 amide bonds. The second-order valence-electron chi connectivity index (χ2n) is 8.40. The topological polar surface area (TPSA) is 17.1 Å². The molecule has 0 aliphatic carbocycles. The van der Waals surface area contributed by atoms with Gasteiger partial charge in [-0.15, -0.1) is 0 Å². The molecule has 4 aromatic rings. The van der Waals surface area contributed by atoms with Gasteiger partial charge in [-0.2, -0.15) is 0 Å². The van der Waals surface area contributed by atoms with Crippen LogP contribution in [0.5, 0.6) is 0 Å². The van der Waals surface area contributed by atoms with E-state index in [1.807, 2.05) is 42.5 Å². The number of aryl methyl sites for hydroxylation is 2. The Morgan fingerprint density at radius 3 is 2.09 bits per heavy atom. The fraction of sp³-hybridized carbons (Fsp3) is 0.194. The molecule has 0 aliphatic rings. The lowest BCUT2D eigenvalue weighted by atomic mass is 10.0. The van der Waals surface area contributed by atoms with Gasteiger partial charge in [-0.3, -0.25) is 4.79 Å². The molecule has 0 bridgehead atoms. The molecule has 0 unspecified atom stereocenters. The van der Waals surface area contributed by atoms with E-state index in [-0.39, 0.29) is 5.78 Å². The molecule has 0 aromatic heterocycles. The van der Waals surface area contributed by atoms with Crippen LogP contribution in [-0.2, 0) is 12.8 Å². The average Bonchev–Trinajstić information content (AvgIpc) is 2.85. The number of rotatable bonds is 10. The van der Waals surface area contributed by atoms with Crippen molar-refractivity contribution < 1.29 is 4.79 Å². The van der Waals surface area contributed by atoms with E-state index in [2.05, 4.69) is 60.7 Å². The highest BCUT2D eigenvalue weighted by atomic mass is 16.1. The highest BCUT2D eigenvalue weighted by molar-refractivity contribution is 6.08. The molecule has 0 N–H and O–H groups in total. The SMILES string of the molecule is O=C(/C=C/c1cccc(CCCCCCc2ccccc2)c1)c1ccc2ccccc2c1. The highest BCUT2D eigenvalue weighted by Gasteiger charge is 2.03. The predicted molar refractivity (Wildman–Crippen MR) is 136 cm³/mol. The van der Waals surface area contributed by atoms with Crippen LogP contribution in [-0.4, -0.2) is 5.78 Å². The summed E-state index contributed by atoms with van der Waals surface area (Å²) in [6, 6.07) is 33.3. The molecule has 4 rings (SSSR count). The molecule has 4 aromatic carbocycles. The molecule has 0 atom stereocenters. The van der Waals surface area contributed by atoms with Gasteiger partial charge in [0.05, 0.1) is 0 Å². The lowest BCUT2D eigenvalue weighted by Gasteiger charge is -2.04. The van der Waals surface area contributed by atoms with Gasteiger partial charge >= 0.3 is 0 Å². The van der Waals surface area contributed by atoms with Crippen molar-refractivity contribution in [2.45, 2.75) is 38.5 Å². The van der Waals surface area contributed by atoms with Gasteiger partial charge in [-0.05, 0) is 65.3 Å². The molecule has 32 heavy (non-hydrogen) atoms. The third-order valence-corrected chi connectivity index (χ3v) is 5.94. The highest BCUT2D eigenvalue weighted by Crippen LogP contribution is 2.17. The largest absolute Gasteiger partial charge is 0.289 e. The Bertz CT molecular complexity index is 1190. The second kappa shape index (κ2) is 11.2. The van der Waals surface area contributed by atoms with Gasteiger partial charge in [0, 0.05) is 5.56 Å². The lowest BCUT2D eigenvalue weighted by molar-refractivity contribution is 0.104. The number of hydrogen-bond acceptors (Lipinski definition) is 1. The number of hydrogen-bond donors (Lipinski definition) is 0. The smallest absolute Gasteiger partial charge is 0.185 e. The normalized spacial score (nSPS) is 11.2. The Labute approximate surface area is 191 Å². The molecule has 0 spiro atoms. The average molecular weight is 419 g/mol. The van der Waals surface area contributed by atoms with Crippen LogP contribution in [0.2, 0.25) is 0 Å². The molecule has 1 heteroatoms. The van der Waals surface area contributed by atoms with Crippen molar-refractivity contribution >= 4 is 22.6 Å². The molecule has 0 fully saturated rings. The first kappa shape index (κ1) is 21.8. The minimum Gasteiger partial charge on any atom is -0.289 e. The van der Waals surface area contributed by atoms with Crippen LogP contribution in [0.3, 0.4) is 0 Å². The predicted octanol–water partition coefficient (Wildman–Crippen LogP) is 8.08. The summed E-state index contributed by atoms with van der Waals surface area (Å²) < 4.78 is 0. The second-order valence-corrected chi connectivity index (χ2v) is 8.40. The summed E-state index contributed by atoms with van der Waals surface area (Å²) in [5, 5.41) is 2.25. The monoisotopic (exact) mass is 418 g/mol. The summed E-state index contributed by atoms with van der Waals surface area (Å²) in [5.74, 6) is 0.0413. The number of ketones is 1. The summed E-state index contributed by atoms with van der Waals surface area (Å²) >= 11 is 0. The van der Waals surface area contributed by atoms with Gasteiger partial charge in [0.2, 0.25) is 0 Å². The maximum Gasteiger partial charge on any atom is 0.185 e. The van der Waals surface area contributed by atoms with Crippen molar-refractivity contribution in [2.75, 3.05) is 0 Å². The maximum absolute atomic E-state index is 12.6. The number of benzene rings is 4. The van der Waals surface area contributed by atoms with E-state index >= 15 is 0 Å². The lowest BCUT2D eigenvalue weighted by Crippen LogP contribution is -1.94. The number of fused-ring (bicyclic) bond motifs is 1. The van der Waals surface area contributed by atoms with E-state index in [9.17, 15) is 4.79 Å². The molecule has 0 saturated heterocycles. The molecule has 0 heterocycles. The number of carbonyl (C=O) groups is 1. The zero-order valence-corrected chi connectivity index (χ0v) is 18.5. The molecular weight excluding hydrogens is 388 g/mol. The summed E-state index contributed by atoms with van der Waals surface area (Å²) in [6.07, 6.45) is 10.9. The van der Waals surface area contributed by atoms with Crippen molar-refractivity contribution in [2.24, 2.45) is 0 Å². The van der Waals surface area contributed by atoms with E-state index in [1.165, 1.54) is 43.2 Å². The van der Waals surface area contributed by atoms with Gasteiger partial charge in [0.1, 0.15) is 0 Å². The third-order valence-electron chi connectivity index (χ3n) is 5.94. The zero-order valence-electron chi connectivity index (χ0n) is 18.5. The number of unbranched alkanes of at least 4 members (excludes halogenated alkanes) is 3. The minimum atomic E-state index is 0.0413. The maximum atomic E-state index is 12.6. The van der Waals surface area contributed by atoms with Crippen molar-refractivity contribution in [3.05, 3.63) is 125 Å². The Kier molecular flexibility index (Phi) is 7.65. The van der Waals surface area contributed by atoms with E-state index in [1.54, 1.807) is 6.08 Å². The van der Waals surface area contributed by atoms with Crippen LogP contribution < -0.4 is 0 Å². The first-order valence-electron chi connectivity index (χ1n) is 11.6. The van der Waals surface area contributed by atoms with Crippen molar-refractivity contribution in [3.8, 4) is 0 Å². The van der Waals surface area contributed by atoms with Crippen LogP contribution in [0.4, 0.5) is 0 Å². The standard InChI is InChI=1S/C31H30O/c32-31(30-21-20-28-17-8-9-18-29(28)24-30)22-19-27-16-10-15-26(23-27)14-5-2-1-4-11-25-12-6-3-7-13-25/h3,6-10,12-13,15-24H,1-2,4-5,11,14H2/b22-19+. The van der Waals surface area contributed by atoms with Gasteiger partial charge in [-0.25, -0.2) is 0 Å². The van der Waals surface area contributed by atoms with Crippen LogP contribution in [0.1, 0.15) is 52.7 Å². The number of carbonyl (C=O) groups excluding carboxylic acids is 1. The summed E-state index contributed by atoms with van der Waals surface area (Å²) in [4.78, 5) is 12.6. The van der Waals surface area contributed by atoms with Gasteiger partial charge in [0.25, 0.3) is 0 Å². The third kappa shape index (κ3) is 6.28. The van der Waals surface area contributed by atoms with Crippen molar-refractivity contribution in [1.82, 2.24) is 0 Å². The molecular formula is C31H30O. The Morgan fingerprint density at radius 2 is 1.28 bits per heavy atom. The van der Waals surface area contributed by atoms with Gasteiger partial charge in [-0.1, -0.05) is 110 Å². The summed E-state index contributed by atoms with van der Waals surface area (Å²) in [5.41, 5.74) is 4.59. The molecule has 1 nitrogen and oxygen atoms in total. The van der Waals surface area contributed by atoms with Crippen LogP contribution in [0.25, 0.3) is 16.8 Å². The van der Waals surface area contributed by atoms with Gasteiger partial charge in [0.15, 0.2) is 5.78 Å². The van der Waals surface area contributed by atoms with E-state index in [0.29, 0.717) is 0 Å². The summed E-state index contributed by atoms with van der Waals surface area (Å²) in [6.45, 7) is 0. The van der Waals surface area contributed by atoms with Crippen LogP contribution in [0.15, 0.2) is 103 Å². The first-order valence-corrected chi connectivity index (χ1v) is 11.6. The summed E-state index contributed by atoms with van der Waals surface area (Å²) in [7, 11) is 0. The molecule has 160 valence electrons. The minimum absolute atomic E-state index is 0.0413. The fourth-order valence-corrected chi connectivity index (χ4v) is 4.12. The zero-order chi connectivity index (χ0) is 22.0. The van der Waals surface area contributed by atoms with Crippen LogP contribution >= 0.6 is 0 Å². The Balaban J connectivity index is 1.25.